The highest BCUT2D eigenvalue weighted by atomic mass is 14.5. The van der Waals surface area contributed by atoms with E-state index in [4.69, 9.17) is 5.73 Å². The predicted octanol–water partition coefficient (Wildman–Crippen LogP) is 5.05. The maximum atomic E-state index is 6.17. The summed E-state index contributed by atoms with van der Waals surface area (Å²) in [5.74, 6) is 0.362. The van der Waals surface area contributed by atoms with Crippen LogP contribution in [0.25, 0.3) is 10.8 Å². The van der Waals surface area contributed by atoms with Crippen molar-refractivity contribution in [3.63, 3.8) is 0 Å². The lowest BCUT2D eigenvalue weighted by molar-refractivity contribution is 0.687. The largest absolute Gasteiger partial charge is 0.330 e. The van der Waals surface area contributed by atoms with Crippen molar-refractivity contribution in [3.05, 3.63) is 82.4 Å². The van der Waals surface area contributed by atoms with Crippen LogP contribution < -0.4 is 5.73 Å². The van der Waals surface area contributed by atoms with E-state index in [1.165, 1.54) is 38.6 Å². The summed E-state index contributed by atoms with van der Waals surface area (Å²) in [5, 5.41) is 2.65. The number of hydrogen-bond donors (Lipinski definition) is 1. The first kappa shape index (κ1) is 15.8. The molecular weight excluding hydrogens is 278 g/mol. The van der Waals surface area contributed by atoms with Crippen LogP contribution >= 0.6 is 0 Å². The van der Waals surface area contributed by atoms with Gasteiger partial charge >= 0.3 is 0 Å². The summed E-state index contributed by atoms with van der Waals surface area (Å²) >= 11 is 0. The van der Waals surface area contributed by atoms with Crippen LogP contribution in [0.15, 0.2) is 54.6 Å². The van der Waals surface area contributed by atoms with Crippen LogP contribution in [0.1, 0.15) is 33.7 Å². The molecule has 0 aliphatic rings. The Balaban J connectivity index is 2.03. The minimum absolute atomic E-state index is 0.362. The van der Waals surface area contributed by atoms with E-state index in [2.05, 4.69) is 75.4 Å². The molecule has 0 spiro atoms. The first-order valence-corrected chi connectivity index (χ1v) is 8.34. The summed E-state index contributed by atoms with van der Waals surface area (Å²) in [5.41, 5.74) is 13.0. The van der Waals surface area contributed by atoms with Crippen molar-refractivity contribution in [1.82, 2.24) is 0 Å². The van der Waals surface area contributed by atoms with Crippen LogP contribution in [0, 0.1) is 20.8 Å². The summed E-state index contributed by atoms with van der Waals surface area (Å²) in [7, 11) is 0. The van der Waals surface area contributed by atoms with E-state index in [1.54, 1.807) is 0 Å². The molecule has 0 saturated carbocycles. The second-order valence-corrected chi connectivity index (χ2v) is 6.59. The van der Waals surface area contributed by atoms with Crippen LogP contribution in [-0.2, 0) is 6.42 Å². The Bertz CT molecular complexity index is 804. The zero-order chi connectivity index (χ0) is 16.4. The van der Waals surface area contributed by atoms with Crippen molar-refractivity contribution in [2.45, 2.75) is 33.1 Å². The van der Waals surface area contributed by atoms with E-state index in [9.17, 15) is 0 Å². The van der Waals surface area contributed by atoms with Gasteiger partial charge < -0.3 is 5.73 Å². The molecule has 3 rings (SSSR count). The summed E-state index contributed by atoms with van der Waals surface area (Å²) in [6.45, 7) is 7.25. The van der Waals surface area contributed by atoms with Crippen molar-refractivity contribution in [1.29, 1.82) is 0 Å². The Morgan fingerprint density at radius 1 is 0.870 bits per heavy atom. The zero-order valence-electron chi connectivity index (χ0n) is 14.3. The van der Waals surface area contributed by atoms with E-state index < -0.39 is 0 Å². The van der Waals surface area contributed by atoms with Crippen molar-refractivity contribution in [3.8, 4) is 0 Å². The fourth-order valence-electron chi connectivity index (χ4n) is 3.87. The fraction of sp³-hybridized carbons (Fsp3) is 0.273. The van der Waals surface area contributed by atoms with Crippen LogP contribution in [0.2, 0.25) is 0 Å². The van der Waals surface area contributed by atoms with Crippen LogP contribution in [0.3, 0.4) is 0 Å². The van der Waals surface area contributed by atoms with E-state index in [0.29, 0.717) is 12.5 Å². The van der Waals surface area contributed by atoms with Crippen molar-refractivity contribution in [2.75, 3.05) is 6.54 Å². The Kier molecular flexibility index (Phi) is 4.49. The van der Waals surface area contributed by atoms with E-state index in [-0.39, 0.29) is 0 Å². The number of aryl methyl sites for hydroxylation is 3. The maximum absolute atomic E-state index is 6.17. The molecule has 3 aromatic carbocycles. The maximum Gasteiger partial charge on any atom is 0.000703 e. The van der Waals surface area contributed by atoms with Crippen molar-refractivity contribution >= 4 is 10.8 Å². The summed E-state index contributed by atoms with van der Waals surface area (Å²) in [6, 6.07) is 19.7. The van der Waals surface area contributed by atoms with Gasteiger partial charge in [0.2, 0.25) is 0 Å². The monoisotopic (exact) mass is 303 g/mol. The van der Waals surface area contributed by atoms with Crippen molar-refractivity contribution in [2.24, 2.45) is 5.73 Å². The third kappa shape index (κ3) is 3.16. The topological polar surface area (TPSA) is 26.0 Å². The van der Waals surface area contributed by atoms with Gasteiger partial charge in [0.1, 0.15) is 0 Å². The third-order valence-corrected chi connectivity index (χ3v) is 4.78. The van der Waals surface area contributed by atoms with Gasteiger partial charge in [0.05, 0.1) is 0 Å². The van der Waals surface area contributed by atoms with Gasteiger partial charge in [-0.3, -0.25) is 0 Å². The zero-order valence-corrected chi connectivity index (χ0v) is 14.3. The molecule has 0 fully saturated rings. The highest BCUT2D eigenvalue weighted by Gasteiger charge is 2.17. The molecule has 1 atom stereocenters. The second-order valence-electron chi connectivity index (χ2n) is 6.59. The lowest BCUT2D eigenvalue weighted by Crippen LogP contribution is -2.17. The number of benzene rings is 3. The Morgan fingerprint density at radius 3 is 2.22 bits per heavy atom. The summed E-state index contributed by atoms with van der Waals surface area (Å²) in [4.78, 5) is 0. The Hall–Kier alpha value is -2.12. The molecule has 0 amide bonds. The normalized spacial score (nSPS) is 12.5. The van der Waals surface area contributed by atoms with Gasteiger partial charge in [-0.1, -0.05) is 60.2 Å². The first-order valence-electron chi connectivity index (χ1n) is 8.34. The minimum Gasteiger partial charge on any atom is -0.330 e. The molecule has 0 aliphatic carbocycles. The molecule has 23 heavy (non-hydrogen) atoms. The Labute approximate surface area is 139 Å². The number of hydrogen-bond acceptors (Lipinski definition) is 1. The average Bonchev–Trinajstić information content (AvgIpc) is 2.53. The van der Waals surface area contributed by atoms with Crippen molar-refractivity contribution < 1.29 is 0 Å². The van der Waals surface area contributed by atoms with Gasteiger partial charge in [-0.15, -0.1) is 0 Å². The molecule has 3 aromatic rings. The second kappa shape index (κ2) is 6.55. The number of nitrogens with two attached hydrogens (primary N) is 1. The molecule has 118 valence electrons. The number of fused-ring (bicyclic) bond motifs is 1. The quantitative estimate of drug-likeness (QED) is 0.717. The summed E-state index contributed by atoms with van der Waals surface area (Å²) < 4.78 is 0. The smallest absolute Gasteiger partial charge is 0.000703 e. The van der Waals surface area contributed by atoms with Gasteiger partial charge in [-0.05, 0) is 66.8 Å². The standard InChI is InChI=1S/C22H25N/c1-15-11-16(2)22(17(3)12-15)20(14-23)13-19-9-6-8-18-7-4-5-10-21(18)19/h4-12,20H,13-14,23H2,1-3H3. The summed E-state index contributed by atoms with van der Waals surface area (Å²) in [6.07, 6.45) is 0.989. The van der Waals surface area contributed by atoms with E-state index >= 15 is 0 Å². The highest BCUT2D eigenvalue weighted by Crippen LogP contribution is 2.30. The average molecular weight is 303 g/mol. The SMILES string of the molecule is Cc1cc(C)c(C(CN)Cc2cccc3ccccc23)c(C)c1. The van der Waals surface area contributed by atoms with E-state index in [1.807, 2.05) is 0 Å². The molecular formula is C22H25N. The fourth-order valence-corrected chi connectivity index (χ4v) is 3.87. The van der Waals surface area contributed by atoms with Gasteiger partial charge in [0.25, 0.3) is 0 Å². The predicted molar refractivity (Wildman–Crippen MR) is 100 cm³/mol. The molecule has 0 saturated heterocycles. The lowest BCUT2D eigenvalue weighted by Gasteiger charge is -2.22. The number of rotatable bonds is 4. The molecule has 1 heteroatoms. The van der Waals surface area contributed by atoms with Gasteiger partial charge in [-0.25, -0.2) is 0 Å². The van der Waals surface area contributed by atoms with Gasteiger partial charge in [0.15, 0.2) is 0 Å². The lowest BCUT2D eigenvalue weighted by atomic mass is 9.84. The molecule has 1 unspecified atom stereocenters. The molecule has 1 nitrogen and oxygen atoms in total. The first-order chi connectivity index (χ1) is 11.1. The molecule has 0 bridgehead atoms. The molecule has 0 aliphatic heterocycles. The Morgan fingerprint density at radius 2 is 1.52 bits per heavy atom. The highest BCUT2D eigenvalue weighted by molar-refractivity contribution is 5.85. The van der Waals surface area contributed by atoms with Gasteiger partial charge in [-0.2, -0.15) is 0 Å². The van der Waals surface area contributed by atoms with Gasteiger partial charge in [0, 0.05) is 5.92 Å². The van der Waals surface area contributed by atoms with Crippen LogP contribution in [0.4, 0.5) is 0 Å². The third-order valence-electron chi connectivity index (χ3n) is 4.78. The molecule has 0 aromatic heterocycles. The van der Waals surface area contributed by atoms with Crippen LogP contribution in [0.5, 0.6) is 0 Å². The van der Waals surface area contributed by atoms with E-state index in [0.717, 1.165) is 6.42 Å². The molecule has 0 radical (unpaired) electrons. The molecule has 0 heterocycles. The van der Waals surface area contributed by atoms with Crippen LogP contribution in [-0.4, -0.2) is 6.54 Å². The molecule has 2 N–H and O–H groups in total. The minimum atomic E-state index is 0.362.